The molecule has 0 saturated carbocycles. The van der Waals surface area contributed by atoms with Crippen molar-refractivity contribution in [1.29, 1.82) is 5.41 Å². The summed E-state index contributed by atoms with van der Waals surface area (Å²) >= 11 is 6.12. The van der Waals surface area contributed by atoms with Gasteiger partial charge in [0.1, 0.15) is 0 Å². The lowest BCUT2D eigenvalue weighted by Crippen LogP contribution is -2.07. The van der Waals surface area contributed by atoms with Gasteiger partial charge in [0, 0.05) is 27.7 Å². The van der Waals surface area contributed by atoms with Crippen molar-refractivity contribution in [3.05, 3.63) is 59.6 Å². The number of benzene rings is 2. The van der Waals surface area contributed by atoms with E-state index in [0.717, 1.165) is 11.1 Å². The van der Waals surface area contributed by atoms with Gasteiger partial charge in [-0.15, -0.1) is 0 Å². The van der Waals surface area contributed by atoms with Crippen molar-refractivity contribution in [3.63, 3.8) is 0 Å². The van der Waals surface area contributed by atoms with E-state index in [9.17, 15) is 4.79 Å². The molecular formula is C17H16ClN3O. The Bertz CT molecular complexity index is 768. The minimum absolute atomic E-state index is 0.304. The third kappa shape index (κ3) is 3.54. The lowest BCUT2D eigenvalue weighted by Gasteiger charge is -2.10. The Kier molecular flexibility index (Phi) is 4.63. The fourth-order valence-corrected chi connectivity index (χ4v) is 2.32. The maximum atomic E-state index is 11.4. The zero-order valence-electron chi connectivity index (χ0n) is 12.1. The van der Waals surface area contributed by atoms with Crippen LogP contribution in [0.15, 0.2) is 49.1 Å². The van der Waals surface area contributed by atoms with E-state index < -0.39 is 0 Å². The predicted octanol–water partition coefficient (Wildman–Crippen LogP) is 4.10. The summed E-state index contributed by atoms with van der Waals surface area (Å²) in [5, 5.41) is 10.9. The van der Waals surface area contributed by atoms with E-state index in [1.165, 1.54) is 6.08 Å². The highest BCUT2D eigenvalue weighted by molar-refractivity contribution is 6.31. The number of hydrogen-bond donors (Lipinski definition) is 3. The Hall–Kier alpha value is -2.59. The molecule has 0 aliphatic rings. The highest BCUT2D eigenvalue weighted by atomic mass is 35.5. The molecule has 22 heavy (non-hydrogen) atoms. The first-order chi connectivity index (χ1) is 10.4. The van der Waals surface area contributed by atoms with Crippen LogP contribution in [0.2, 0.25) is 5.02 Å². The fourth-order valence-electron chi connectivity index (χ4n) is 2.08. The van der Waals surface area contributed by atoms with Crippen molar-refractivity contribution in [2.75, 3.05) is 11.1 Å². The van der Waals surface area contributed by atoms with Crippen molar-refractivity contribution in [1.82, 2.24) is 0 Å². The second-order valence-corrected chi connectivity index (χ2v) is 5.29. The van der Waals surface area contributed by atoms with Gasteiger partial charge >= 0.3 is 0 Å². The average molecular weight is 314 g/mol. The molecule has 2 rings (SSSR count). The molecule has 0 radical (unpaired) electrons. The smallest absolute Gasteiger partial charge is 0.247 e. The predicted molar refractivity (Wildman–Crippen MR) is 92.6 cm³/mol. The largest absolute Gasteiger partial charge is 0.398 e. The van der Waals surface area contributed by atoms with Crippen LogP contribution in [-0.4, -0.2) is 11.6 Å². The lowest BCUT2D eigenvalue weighted by molar-refractivity contribution is -0.111. The van der Waals surface area contributed by atoms with Crippen molar-refractivity contribution in [2.24, 2.45) is 0 Å². The van der Waals surface area contributed by atoms with E-state index >= 15 is 0 Å². The van der Waals surface area contributed by atoms with Gasteiger partial charge in [0.2, 0.25) is 5.91 Å². The SMILES string of the molecule is C=CC(=O)Nc1cc(Cl)cc(-c2ccc(N)c(C(C)=N)c2)c1. The summed E-state index contributed by atoms with van der Waals surface area (Å²) in [5.74, 6) is -0.304. The molecule has 0 saturated heterocycles. The van der Waals surface area contributed by atoms with Gasteiger partial charge in [-0.2, -0.15) is 0 Å². The molecule has 0 bridgehead atoms. The Balaban J connectivity index is 2.48. The highest BCUT2D eigenvalue weighted by Crippen LogP contribution is 2.29. The summed E-state index contributed by atoms with van der Waals surface area (Å²) in [6, 6.07) is 10.7. The zero-order valence-corrected chi connectivity index (χ0v) is 12.9. The summed E-state index contributed by atoms with van der Waals surface area (Å²) in [4.78, 5) is 11.4. The number of amides is 1. The van der Waals surface area contributed by atoms with E-state index in [2.05, 4.69) is 11.9 Å². The summed E-state index contributed by atoms with van der Waals surface area (Å²) in [6.45, 7) is 5.10. The molecule has 4 nitrogen and oxygen atoms in total. The lowest BCUT2D eigenvalue weighted by atomic mass is 9.99. The normalized spacial score (nSPS) is 10.1. The van der Waals surface area contributed by atoms with E-state index in [1.54, 1.807) is 25.1 Å². The van der Waals surface area contributed by atoms with Crippen LogP contribution in [-0.2, 0) is 4.79 Å². The van der Waals surface area contributed by atoms with Gasteiger partial charge in [-0.3, -0.25) is 4.79 Å². The maximum absolute atomic E-state index is 11.4. The molecule has 0 atom stereocenters. The molecule has 0 unspecified atom stereocenters. The van der Waals surface area contributed by atoms with E-state index in [-0.39, 0.29) is 5.91 Å². The number of hydrogen-bond acceptors (Lipinski definition) is 3. The fraction of sp³-hybridized carbons (Fsp3) is 0.0588. The number of nitrogens with one attached hydrogen (secondary N) is 2. The number of nitrogens with two attached hydrogens (primary N) is 1. The molecule has 0 aromatic heterocycles. The third-order valence-corrected chi connectivity index (χ3v) is 3.36. The van der Waals surface area contributed by atoms with Crippen LogP contribution in [0.1, 0.15) is 12.5 Å². The number of halogens is 1. The number of nitrogen functional groups attached to an aromatic ring is 1. The van der Waals surface area contributed by atoms with Gasteiger partial charge < -0.3 is 16.5 Å². The van der Waals surface area contributed by atoms with E-state index in [1.807, 2.05) is 18.2 Å². The summed E-state index contributed by atoms with van der Waals surface area (Å²) in [5.41, 5.74) is 9.77. The molecule has 5 heteroatoms. The molecule has 0 aliphatic carbocycles. The van der Waals surface area contributed by atoms with Crippen molar-refractivity contribution in [2.45, 2.75) is 6.92 Å². The molecule has 1 amide bonds. The number of anilines is 2. The second kappa shape index (κ2) is 6.45. The van der Waals surface area contributed by atoms with Gasteiger partial charge in [-0.1, -0.05) is 24.2 Å². The van der Waals surface area contributed by atoms with Crippen molar-refractivity contribution < 1.29 is 4.79 Å². The van der Waals surface area contributed by atoms with Gasteiger partial charge in [-0.05, 0) is 54.5 Å². The van der Waals surface area contributed by atoms with E-state index in [0.29, 0.717) is 27.7 Å². The van der Waals surface area contributed by atoms with Crippen LogP contribution in [0, 0.1) is 5.41 Å². The molecule has 2 aromatic rings. The van der Waals surface area contributed by atoms with Gasteiger partial charge in [-0.25, -0.2) is 0 Å². The molecule has 4 N–H and O–H groups in total. The van der Waals surface area contributed by atoms with Crippen LogP contribution in [0.5, 0.6) is 0 Å². The highest BCUT2D eigenvalue weighted by Gasteiger charge is 2.08. The molecule has 0 heterocycles. The van der Waals surface area contributed by atoms with Crippen LogP contribution >= 0.6 is 11.6 Å². The quantitative estimate of drug-likeness (QED) is 0.451. The summed E-state index contributed by atoms with van der Waals surface area (Å²) in [6.07, 6.45) is 1.19. The molecule has 112 valence electrons. The van der Waals surface area contributed by atoms with Gasteiger partial charge in [0.15, 0.2) is 0 Å². The topological polar surface area (TPSA) is 79.0 Å². The first kappa shape index (κ1) is 15.8. The molecular weight excluding hydrogens is 298 g/mol. The Morgan fingerprint density at radius 2 is 2.00 bits per heavy atom. The second-order valence-electron chi connectivity index (χ2n) is 4.85. The minimum atomic E-state index is -0.304. The van der Waals surface area contributed by atoms with Crippen molar-refractivity contribution in [3.8, 4) is 11.1 Å². The summed E-state index contributed by atoms with van der Waals surface area (Å²) < 4.78 is 0. The molecule has 0 fully saturated rings. The number of carbonyl (C=O) groups excluding carboxylic acids is 1. The van der Waals surface area contributed by atoms with Gasteiger partial charge in [0.25, 0.3) is 0 Å². The first-order valence-electron chi connectivity index (χ1n) is 6.60. The first-order valence-corrected chi connectivity index (χ1v) is 6.98. The number of carbonyl (C=O) groups is 1. The summed E-state index contributed by atoms with van der Waals surface area (Å²) in [7, 11) is 0. The maximum Gasteiger partial charge on any atom is 0.247 e. The average Bonchev–Trinajstić information content (AvgIpc) is 2.46. The minimum Gasteiger partial charge on any atom is -0.398 e. The number of rotatable bonds is 4. The standard InChI is InChI=1S/C17H16ClN3O/c1-3-17(22)21-14-7-12(6-13(18)9-14)11-4-5-16(20)15(8-11)10(2)19/h3-9,19H,1,20H2,2H3,(H,21,22). The van der Waals surface area contributed by atoms with Crippen LogP contribution in [0.25, 0.3) is 11.1 Å². The molecule has 2 aromatic carbocycles. The van der Waals surface area contributed by atoms with Crippen molar-refractivity contribution >= 4 is 34.6 Å². The Labute approximate surface area is 134 Å². The van der Waals surface area contributed by atoms with Crippen LogP contribution in [0.3, 0.4) is 0 Å². The Morgan fingerprint density at radius 3 is 2.64 bits per heavy atom. The van der Waals surface area contributed by atoms with Gasteiger partial charge in [0.05, 0.1) is 0 Å². The van der Waals surface area contributed by atoms with E-state index in [4.69, 9.17) is 22.7 Å². The third-order valence-electron chi connectivity index (χ3n) is 3.14. The molecule has 0 aliphatic heterocycles. The van der Waals surface area contributed by atoms with Crippen LogP contribution in [0.4, 0.5) is 11.4 Å². The van der Waals surface area contributed by atoms with Crippen LogP contribution < -0.4 is 11.1 Å². The zero-order chi connectivity index (χ0) is 16.3. The monoisotopic (exact) mass is 313 g/mol. The molecule has 0 spiro atoms. The Morgan fingerprint density at radius 1 is 1.27 bits per heavy atom.